The summed E-state index contributed by atoms with van der Waals surface area (Å²) in [5.74, 6) is 2.28. The molecule has 198 valence electrons. The predicted molar refractivity (Wildman–Crippen MR) is 157 cm³/mol. The van der Waals surface area contributed by atoms with Gasteiger partial charge in [0.15, 0.2) is 54.7 Å². The molecule has 0 aromatic heterocycles. The van der Waals surface area contributed by atoms with Gasteiger partial charge < -0.3 is 0 Å². The van der Waals surface area contributed by atoms with Crippen molar-refractivity contribution in [2.24, 2.45) is 22.7 Å². The van der Waals surface area contributed by atoms with Gasteiger partial charge in [-0.3, -0.25) is 0 Å². The molecule has 4 N–H and O–H groups in total. The lowest BCUT2D eigenvalue weighted by Gasteiger charge is -2.30. The fraction of sp³-hybridized carbons (Fsp3) is 1.00. The van der Waals surface area contributed by atoms with E-state index in [1.165, 1.54) is 0 Å². The molecule has 18 heteroatoms. The van der Waals surface area contributed by atoms with E-state index in [2.05, 4.69) is 13.8 Å². The van der Waals surface area contributed by atoms with E-state index in [9.17, 15) is 37.8 Å². The maximum atomic E-state index is 11.3. The topological polar surface area (TPSA) is 149 Å². The van der Waals surface area contributed by atoms with Gasteiger partial charge in [0.25, 0.3) is 0 Å². The van der Waals surface area contributed by atoms with Crippen molar-refractivity contribution in [3.8, 4) is 0 Å². The number of hydrogen-bond donors (Lipinski definition) is 4. The Morgan fingerprint density at radius 3 is 1.03 bits per heavy atom. The van der Waals surface area contributed by atoms with Crippen molar-refractivity contribution >= 4 is 96.0 Å². The molecule has 6 atom stereocenters. The Hall–Kier alpha value is 2.34. The summed E-state index contributed by atoms with van der Waals surface area (Å²) in [5, 5.41) is 0. The summed E-state index contributed by atoms with van der Waals surface area (Å²) < 4.78 is 44.3. The molecule has 34 heavy (non-hydrogen) atoms. The van der Waals surface area contributed by atoms with Crippen molar-refractivity contribution in [3.05, 3.63) is 0 Å². The highest BCUT2D eigenvalue weighted by atomic mass is 33.1. The highest BCUT2D eigenvalue weighted by Gasteiger charge is 2.46. The average Bonchev–Trinajstić information content (AvgIpc) is 2.62. The van der Waals surface area contributed by atoms with Gasteiger partial charge in [0.1, 0.15) is 0 Å². The molecule has 0 saturated heterocycles. The second-order valence-corrected chi connectivity index (χ2v) is 23.3. The molecule has 0 aromatic carbocycles. The van der Waals surface area contributed by atoms with Crippen LogP contribution >= 0.6 is 96.0 Å². The Labute approximate surface area is 230 Å². The van der Waals surface area contributed by atoms with Gasteiger partial charge in [-0.1, -0.05) is 63.1 Å². The van der Waals surface area contributed by atoms with Gasteiger partial charge in [0.05, 0.1) is 0 Å². The third-order valence-corrected chi connectivity index (χ3v) is 19.1. The van der Waals surface area contributed by atoms with Gasteiger partial charge in [0, 0.05) is 11.5 Å². The smallest absolute Gasteiger partial charge is 0.151 e. The maximum absolute atomic E-state index is 11.3. The summed E-state index contributed by atoms with van der Waals surface area (Å²) in [6.07, 6.45) is 1.46. The van der Waals surface area contributed by atoms with E-state index < -0.39 is 48.9 Å². The lowest BCUT2D eigenvalue weighted by molar-refractivity contribution is 0.318. The van der Waals surface area contributed by atoms with E-state index in [4.69, 9.17) is 0 Å². The van der Waals surface area contributed by atoms with Crippen LogP contribution in [0.5, 0.6) is 0 Å². The lowest BCUT2D eigenvalue weighted by atomic mass is 9.85. The normalized spacial score (nSPS) is 18.1. The van der Waals surface area contributed by atoms with Crippen molar-refractivity contribution in [2.75, 3.05) is 11.5 Å². The first kappa shape index (κ1) is 36.3. The Balaban J connectivity index is 4.68. The van der Waals surface area contributed by atoms with E-state index in [0.717, 1.165) is 69.9 Å². The first-order valence-electron chi connectivity index (χ1n) is 10.0. The zero-order chi connectivity index (χ0) is 26.7. The molecule has 0 bridgehead atoms. The van der Waals surface area contributed by atoms with Crippen molar-refractivity contribution < 1.29 is 37.8 Å². The SMILES string of the molecule is CC(CSSCC(C)CC(C)(C)C(S[P+](=O)O)S[P+](=O)O)CC(C)(C)C(S[P+](=O)O)S[P+](=O)O. The third kappa shape index (κ3) is 17.0. The van der Waals surface area contributed by atoms with Crippen molar-refractivity contribution in [3.63, 3.8) is 0 Å². The Bertz CT molecular complexity index is 627. The highest BCUT2D eigenvalue weighted by Crippen LogP contribution is 2.58. The summed E-state index contributed by atoms with van der Waals surface area (Å²) in [5.41, 5.74) is -0.825. The highest BCUT2D eigenvalue weighted by molar-refractivity contribution is 8.76. The Kier molecular flexibility index (Phi) is 19.1. The Morgan fingerprint density at radius 2 is 0.824 bits per heavy atom. The second-order valence-electron chi connectivity index (χ2n) is 9.20. The first-order valence-corrected chi connectivity index (χ1v) is 23.3. The Morgan fingerprint density at radius 1 is 0.588 bits per heavy atom. The van der Waals surface area contributed by atoms with Crippen molar-refractivity contribution in [1.82, 2.24) is 0 Å². The molecule has 0 aliphatic rings. The minimum absolute atomic E-state index is 0.287. The van der Waals surface area contributed by atoms with Crippen molar-refractivity contribution in [1.29, 1.82) is 0 Å². The average molecular weight is 671 g/mol. The molecular formula is C16H34O8P4S6+4. The van der Waals surface area contributed by atoms with E-state index >= 15 is 0 Å². The minimum Gasteiger partial charge on any atom is -0.151 e. The fourth-order valence-electron chi connectivity index (χ4n) is 3.37. The molecule has 0 spiro atoms. The molecule has 0 aromatic rings. The maximum Gasteiger partial charge on any atom is 0.584 e. The first-order chi connectivity index (χ1) is 15.5. The van der Waals surface area contributed by atoms with E-state index in [-0.39, 0.29) is 11.8 Å². The van der Waals surface area contributed by atoms with Crippen LogP contribution in [0.3, 0.4) is 0 Å². The van der Waals surface area contributed by atoms with Gasteiger partial charge >= 0.3 is 28.9 Å². The molecule has 0 rings (SSSR count). The van der Waals surface area contributed by atoms with Crippen LogP contribution in [0.15, 0.2) is 0 Å². The summed E-state index contributed by atoms with van der Waals surface area (Å²) in [6.45, 7) is 12.0. The molecule has 0 aliphatic carbocycles. The molecule has 0 amide bonds. The van der Waals surface area contributed by atoms with Crippen LogP contribution < -0.4 is 0 Å². The summed E-state index contributed by atoms with van der Waals surface area (Å²) >= 11 is 3.30. The minimum atomic E-state index is -2.47. The van der Waals surface area contributed by atoms with Gasteiger partial charge in [-0.05, 0) is 53.8 Å². The predicted octanol–water partition coefficient (Wildman–Crippen LogP) is 8.66. The largest absolute Gasteiger partial charge is 0.584 e. The summed E-state index contributed by atoms with van der Waals surface area (Å²) in [6, 6.07) is 0. The molecule has 0 aliphatic heterocycles. The van der Waals surface area contributed by atoms with E-state index in [1.54, 1.807) is 21.6 Å². The van der Waals surface area contributed by atoms with Crippen LogP contribution in [-0.4, -0.2) is 40.2 Å². The monoisotopic (exact) mass is 670 g/mol. The standard InChI is InChI=1S/C16H30O8P4S6/c1-11(7-15(3,4)13(31-25(17)18)32-26(19)20)9-29-30-10-12(2)8-16(5,6)14(33-27(21)22)34-28(23)24/h11-14H,7-10H2,1-6H3/p+4. The molecule has 8 nitrogen and oxygen atoms in total. The zero-order valence-corrected chi connectivity index (χ0v) is 28.3. The lowest BCUT2D eigenvalue weighted by Crippen LogP contribution is -2.26. The number of rotatable bonds is 19. The van der Waals surface area contributed by atoms with Gasteiger partial charge in [0.2, 0.25) is 0 Å². The van der Waals surface area contributed by atoms with E-state index in [0.29, 0.717) is 0 Å². The molecule has 6 unspecified atom stereocenters. The molecule has 0 heterocycles. The second kappa shape index (κ2) is 17.8. The number of hydrogen-bond acceptors (Lipinski definition) is 10. The van der Waals surface area contributed by atoms with Crippen LogP contribution in [0.1, 0.15) is 54.4 Å². The van der Waals surface area contributed by atoms with Crippen LogP contribution in [0.25, 0.3) is 0 Å². The molecular weight excluding hydrogens is 636 g/mol. The quantitative estimate of drug-likeness (QED) is 0.0449. The fourth-order valence-corrected chi connectivity index (χ4v) is 19.5. The molecule has 0 radical (unpaired) electrons. The van der Waals surface area contributed by atoms with Crippen LogP contribution in [-0.2, 0) is 18.3 Å². The van der Waals surface area contributed by atoms with Crippen LogP contribution in [0, 0.1) is 22.7 Å². The summed E-state index contributed by atoms with van der Waals surface area (Å²) in [4.78, 5) is 37.1. The molecule has 0 saturated carbocycles. The van der Waals surface area contributed by atoms with Crippen molar-refractivity contribution in [2.45, 2.75) is 63.5 Å². The van der Waals surface area contributed by atoms with Gasteiger partial charge in [-0.15, -0.1) is 0 Å². The van der Waals surface area contributed by atoms with Gasteiger partial charge in [-0.25, -0.2) is 0 Å². The molecule has 0 fully saturated rings. The van der Waals surface area contributed by atoms with E-state index in [1.807, 2.05) is 27.7 Å². The summed E-state index contributed by atoms with van der Waals surface area (Å²) in [7, 11) is -6.43. The van der Waals surface area contributed by atoms with Crippen LogP contribution in [0.4, 0.5) is 0 Å². The van der Waals surface area contributed by atoms with Gasteiger partial charge in [-0.2, -0.15) is 19.6 Å². The van der Waals surface area contributed by atoms with Crippen LogP contribution in [0.2, 0.25) is 0 Å². The zero-order valence-electron chi connectivity index (χ0n) is 19.8. The third-order valence-electron chi connectivity index (χ3n) is 4.56.